The van der Waals surface area contributed by atoms with Gasteiger partial charge >= 0.3 is 5.97 Å². The zero-order valence-corrected chi connectivity index (χ0v) is 18.8. The van der Waals surface area contributed by atoms with E-state index in [-0.39, 0.29) is 5.97 Å². The Bertz CT molecular complexity index is 686. The lowest BCUT2D eigenvalue weighted by atomic mass is 9.84. The number of carbonyl (C=O) groups excluding carboxylic acids is 1. The molecule has 0 aromatic heterocycles. The van der Waals surface area contributed by atoms with E-state index in [1.807, 2.05) is 19.1 Å². The highest BCUT2D eigenvalue weighted by Gasteiger charge is 2.31. The molecule has 1 saturated carbocycles. The molecule has 2 atom stereocenters. The lowest BCUT2D eigenvalue weighted by Gasteiger charge is -2.44. The van der Waals surface area contributed by atoms with Gasteiger partial charge in [0.1, 0.15) is 0 Å². The van der Waals surface area contributed by atoms with Gasteiger partial charge in [-0.05, 0) is 82.1 Å². The van der Waals surface area contributed by atoms with E-state index in [0.717, 1.165) is 48.7 Å². The van der Waals surface area contributed by atoms with E-state index in [2.05, 4.69) is 29.1 Å². The summed E-state index contributed by atoms with van der Waals surface area (Å²) < 4.78 is 5.03. The van der Waals surface area contributed by atoms with E-state index in [9.17, 15) is 4.79 Å². The summed E-state index contributed by atoms with van der Waals surface area (Å²) in [6.07, 6.45) is 7.80. The fourth-order valence-corrected chi connectivity index (χ4v) is 5.06. The number of hydrogen-bond acceptors (Lipinski definition) is 4. The Morgan fingerprint density at radius 2 is 1.83 bits per heavy atom. The molecular formula is C23H35N3O2S. The molecule has 2 fully saturated rings. The minimum Gasteiger partial charge on any atom is -0.462 e. The van der Waals surface area contributed by atoms with Crippen molar-refractivity contribution in [2.75, 3.05) is 32.1 Å². The van der Waals surface area contributed by atoms with Gasteiger partial charge in [-0.15, -0.1) is 0 Å². The third-order valence-corrected chi connectivity index (χ3v) is 6.92. The summed E-state index contributed by atoms with van der Waals surface area (Å²) in [7, 11) is 2.33. The van der Waals surface area contributed by atoms with Crippen LogP contribution in [0.3, 0.4) is 0 Å². The molecule has 3 rings (SSSR count). The third-order valence-electron chi connectivity index (χ3n) is 6.56. The molecule has 5 nitrogen and oxygen atoms in total. The molecule has 1 aliphatic heterocycles. The summed E-state index contributed by atoms with van der Waals surface area (Å²) in [6.45, 7) is 6.59. The Hall–Kier alpha value is -1.66. The monoisotopic (exact) mass is 417 g/mol. The number of likely N-dealkylation sites (tertiary alicyclic amines) is 1. The van der Waals surface area contributed by atoms with Gasteiger partial charge in [0, 0.05) is 30.9 Å². The lowest BCUT2D eigenvalue weighted by Crippen LogP contribution is -2.51. The topological polar surface area (TPSA) is 44.8 Å². The van der Waals surface area contributed by atoms with E-state index in [1.165, 1.54) is 25.7 Å². The Labute approximate surface area is 180 Å². The van der Waals surface area contributed by atoms with Crippen LogP contribution in [0, 0.1) is 5.92 Å². The molecule has 1 aliphatic carbocycles. The molecule has 0 amide bonds. The van der Waals surface area contributed by atoms with Gasteiger partial charge in [0.15, 0.2) is 5.11 Å². The van der Waals surface area contributed by atoms with Gasteiger partial charge in [-0.1, -0.05) is 19.8 Å². The van der Waals surface area contributed by atoms with E-state index < -0.39 is 0 Å². The van der Waals surface area contributed by atoms with Crippen molar-refractivity contribution in [3.63, 3.8) is 0 Å². The maximum Gasteiger partial charge on any atom is 0.338 e. The minimum absolute atomic E-state index is 0.292. The molecule has 6 heteroatoms. The fourth-order valence-electron chi connectivity index (χ4n) is 4.76. The second kappa shape index (κ2) is 10.4. The number of esters is 1. The first kappa shape index (κ1) is 22.0. The van der Waals surface area contributed by atoms with Crippen LogP contribution in [-0.4, -0.2) is 59.7 Å². The lowest BCUT2D eigenvalue weighted by molar-refractivity contribution is 0.0526. The van der Waals surface area contributed by atoms with Crippen LogP contribution in [-0.2, 0) is 4.74 Å². The summed E-state index contributed by atoms with van der Waals surface area (Å²) in [6, 6.07) is 8.70. The molecule has 1 N–H and O–H groups in total. The first-order chi connectivity index (χ1) is 14.0. The molecular weight excluding hydrogens is 382 g/mol. The van der Waals surface area contributed by atoms with Crippen LogP contribution < -0.4 is 5.32 Å². The number of nitrogens with zero attached hydrogens (tertiary/aromatic N) is 2. The van der Waals surface area contributed by atoms with Crippen molar-refractivity contribution in [3.05, 3.63) is 29.8 Å². The van der Waals surface area contributed by atoms with Crippen molar-refractivity contribution in [2.24, 2.45) is 5.92 Å². The van der Waals surface area contributed by atoms with Crippen LogP contribution in [0.15, 0.2) is 24.3 Å². The molecule has 2 aliphatic rings. The van der Waals surface area contributed by atoms with Crippen molar-refractivity contribution in [3.8, 4) is 0 Å². The zero-order chi connectivity index (χ0) is 20.8. The average Bonchev–Trinajstić information content (AvgIpc) is 2.74. The van der Waals surface area contributed by atoms with Crippen LogP contribution in [0.2, 0.25) is 0 Å². The standard InChI is InChI=1S/C23H35N3O2S/c1-4-28-22(27)18-9-11-19(12-10-18)24-23(29)26-15-13-20(14-16-26)25(3)21-8-6-5-7-17(21)2/h9-12,17,20-21H,4-8,13-16H2,1-3H3,(H,24,29)/t17-,21+/m0/s1. The number of piperidine rings is 1. The molecule has 29 heavy (non-hydrogen) atoms. The maximum absolute atomic E-state index is 11.8. The summed E-state index contributed by atoms with van der Waals surface area (Å²) >= 11 is 5.64. The molecule has 1 aromatic rings. The van der Waals surface area contributed by atoms with Gasteiger partial charge in [-0.25, -0.2) is 4.79 Å². The number of thiocarbonyl (C=S) groups is 1. The van der Waals surface area contributed by atoms with Crippen LogP contribution in [0.5, 0.6) is 0 Å². The predicted molar refractivity (Wildman–Crippen MR) is 122 cm³/mol. The van der Waals surface area contributed by atoms with Crippen LogP contribution in [0.1, 0.15) is 62.7 Å². The Balaban J connectivity index is 1.48. The van der Waals surface area contributed by atoms with Crippen molar-refractivity contribution in [2.45, 2.75) is 64.5 Å². The average molecular weight is 418 g/mol. The molecule has 0 radical (unpaired) electrons. The number of benzene rings is 1. The van der Waals surface area contributed by atoms with Gasteiger partial charge in [0.05, 0.1) is 12.2 Å². The Morgan fingerprint density at radius 1 is 1.17 bits per heavy atom. The first-order valence-electron chi connectivity index (χ1n) is 11.0. The van der Waals surface area contributed by atoms with E-state index in [0.29, 0.717) is 18.2 Å². The van der Waals surface area contributed by atoms with Gasteiger partial charge < -0.3 is 19.9 Å². The highest BCUT2D eigenvalue weighted by Crippen LogP contribution is 2.30. The number of nitrogens with one attached hydrogen (secondary N) is 1. The van der Waals surface area contributed by atoms with Crippen molar-refractivity contribution < 1.29 is 9.53 Å². The normalized spacial score (nSPS) is 23.1. The molecule has 0 unspecified atom stereocenters. The third kappa shape index (κ3) is 5.70. The Kier molecular flexibility index (Phi) is 7.90. The number of carbonyl (C=O) groups is 1. The van der Waals surface area contributed by atoms with E-state index >= 15 is 0 Å². The summed E-state index contributed by atoms with van der Waals surface area (Å²) in [4.78, 5) is 16.7. The van der Waals surface area contributed by atoms with Gasteiger partial charge in [-0.3, -0.25) is 0 Å². The van der Waals surface area contributed by atoms with E-state index in [1.54, 1.807) is 12.1 Å². The number of ether oxygens (including phenoxy) is 1. The molecule has 0 bridgehead atoms. The summed E-state index contributed by atoms with van der Waals surface area (Å²) in [5.41, 5.74) is 1.46. The second-order valence-corrected chi connectivity index (χ2v) is 8.83. The highest BCUT2D eigenvalue weighted by atomic mass is 32.1. The van der Waals surface area contributed by atoms with Crippen LogP contribution >= 0.6 is 12.2 Å². The largest absolute Gasteiger partial charge is 0.462 e. The molecule has 1 aromatic carbocycles. The predicted octanol–water partition coefficient (Wildman–Crippen LogP) is 4.54. The molecule has 1 saturated heterocycles. The minimum atomic E-state index is -0.292. The highest BCUT2D eigenvalue weighted by molar-refractivity contribution is 7.80. The molecule has 160 valence electrons. The summed E-state index contributed by atoms with van der Waals surface area (Å²) in [5, 5.41) is 4.08. The number of hydrogen-bond donors (Lipinski definition) is 1. The molecule has 1 heterocycles. The van der Waals surface area contributed by atoms with Crippen molar-refractivity contribution in [1.82, 2.24) is 9.80 Å². The van der Waals surface area contributed by atoms with Gasteiger partial charge in [0.25, 0.3) is 0 Å². The first-order valence-corrected chi connectivity index (χ1v) is 11.5. The van der Waals surface area contributed by atoms with Crippen molar-refractivity contribution >= 4 is 29.0 Å². The Morgan fingerprint density at radius 3 is 2.45 bits per heavy atom. The van der Waals surface area contributed by atoms with Gasteiger partial charge in [0.2, 0.25) is 0 Å². The smallest absolute Gasteiger partial charge is 0.338 e. The van der Waals surface area contributed by atoms with Gasteiger partial charge in [-0.2, -0.15) is 0 Å². The van der Waals surface area contributed by atoms with Crippen LogP contribution in [0.4, 0.5) is 5.69 Å². The number of anilines is 1. The second-order valence-electron chi connectivity index (χ2n) is 8.44. The number of rotatable bonds is 5. The maximum atomic E-state index is 11.8. The van der Waals surface area contributed by atoms with Crippen LogP contribution in [0.25, 0.3) is 0 Å². The molecule has 0 spiro atoms. The van der Waals surface area contributed by atoms with E-state index in [4.69, 9.17) is 17.0 Å². The summed E-state index contributed by atoms with van der Waals surface area (Å²) in [5.74, 6) is 0.521. The zero-order valence-electron chi connectivity index (χ0n) is 18.0. The van der Waals surface area contributed by atoms with Crippen molar-refractivity contribution in [1.29, 1.82) is 0 Å². The quantitative estimate of drug-likeness (QED) is 0.561. The fraction of sp³-hybridized carbons (Fsp3) is 0.652. The SMILES string of the molecule is CCOC(=O)c1ccc(NC(=S)N2CCC(N(C)[C@@H]3CCCC[C@@H]3C)CC2)cc1.